The topological polar surface area (TPSA) is 12.0 Å². The van der Waals surface area contributed by atoms with E-state index >= 15 is 0 Å². The molecule has 0 aromatic heterocycles. The fourth-order valence-electron chi connectivity index (χ4n) is 3.94. The molecule has 1 aliphatic carbocycles. The molecule has 1 aromatic carbocycles. The molecule has 2 rings (SSSR count). The molecule has 2 atom stereocenters. The van der Waals surface area contributed by atoms with Crippen LogP contribution < -0.4 is 5.32 Å². The summed E-state index contributed by atoms with van der Waals surface area (Å²) in [4.78, 5) is 0. The van der Waals surface area contributed by atoms with Gasteiger partial charge in [0.25, 0.3) is 0 Å². The van der Waals surface area contributed by atoms with Crippen LogP contribution in [0.5, 0.6) is 0 Å². The summed E-state index contributed by atoms with van der Waals surface area (Å²) in [5, 5.41) is 3.78. The molecule has 0 aliphatic heterocycles. The van der Waals surface area contributed by atoms with Gasteiger partial charge in [-0.3, -0.25) is 0 Å². The fourth-order valence-corrected chi connectivity index (χ4v) is 3.94. The van der Waals surface area contributed by atoms with Gasteiger partial charge >= 0.3 is 0 Å². The highest BCUT2D eigenvalue weighted by atomic mass is 14.9. The average molecular weight is 273 g/mol. The van der Waals surface area contributed by atoms with Crippen LogP contribution in [0.3, 0.4) is 0 Å². The van der Waals surface area contributed by atoms with E-state index in [1.807, 2.05) is 0 Å². The molecule has 1 heteroatoms. The Morgan fingerprint density at radius 3 is 2.60 bits per heavy atom. The van der Waals surface area contributed by atoms with Crippen LogP contribution in [-0.2, 0) is 6.42 Å². The minimum Gasteiger partial charge on any atom is -0.314 e. The molecule has 1 nitrogen and oxygen atoms in total. The molecule has 0 spiro atoms. The summed E-state index contributed by atoms with van der Waals surface area (Å²) < 4.78 is 0. The van der Waals surface area contributed by atoms with Gasteiger partial charge in [0.2, 0.25) is 0 Å². The number of aryl methyl sites for hydroxylation is 1. The third-order valence-corrected chi connectivity index (χ3v) is 5.13. The van der Waals surface area contributed by atoms with Crippen molar-refractivity contribution in [3.05, 3.63) is 35.9 Å². The maximum absolute atomic E-state index is 3.78. The van der Waals surface area contributed by atoms with Crippen molar-refractivity contribution in [3.8, 4) is 0 Å². The van der Waals surface area contributed by atoms with Gasteiger partial charge in [-0.2, -0.15) is 0 Å². The van der Waals surface area contributed by atoms with Gasteiger partial charge in [-0.1, -0.05) is 63.9 Å². The molecule has 0 radical (unpaired) electrons. The standard InChI is InChI=1S/C19H31N/c1-4-20-18(14-13-16-10-6-5-7-11-16)17-12-8-9-15-19(17,2)3/h5-7,10-11,17-18,20H,4,8-9,12-15H2,1-3H3. The van der Waals surface area contributed by atoms with E-state index in [9.17, 15) is 0 Å². The van der Waals surface area contributed by atoms with Gasteiger partial charge in [-0.15, -0.1) is 0 Å². The minimum absolute atomic E-state index is 0.502. The molecule has 1 fully saturated rings. The molecule has 1 saturated carbocycles. The Balaban J connectivity index is 1.99. The summed E-state index contributed by atoms with van der Waals surface area (Å²) in [6.45, 7) is 8.28. The molecule has 1 aromatic rings. The molecular weight excluding hydrogens is 242 g/mol. The van der Waals surface area contributed by atoms with Crippen molar-refractivity contribution in [2.75, 3.05) is 6.54 Å². The zero-order chi connectivity index (χ0) is 14.4. The van der Waals surface area contributed by atoms with Crippen molar-refractivity contribution < 1.29 is 0 Å². The quantitative estimate of drug-likeness (QED) is 0.784. The number of rotatable bonds is 6. The summed E-state index contributed by atoms with van der Waals surface area (Å²) in [6, 6.07) is 11.6. The van der Waals surface area contributed by atoms with Gasteiger partial charge in [0.05, 0.1) is 0 Å². The second-order valence-electron chi connectivity index (χ2n) is 7.03. The summed E-state index contributed by atoms with van der Waals surface area (Å²) in [7, 11) is 0. The van der Waals surface area contributed by atoms with Crippen molar-refractivity contribution in [1.82, 2.24) is 5.32 Å². The van der Waals surface area contributed by atoms with E-state index in [4.69, 9.17) is 0 Å². The number of benzene rings is 1. The molecule has 1 N–H and O–H groups in total. The van der Waals surface area contributed by atoms with Crippen LogP contribution in [-0.4, -0.2) is 12.6 Å². The first-order chi connectivity index (χ1) is 9.63. The molecule has 20 heavy (non-hydrogen) atoms. The van der Waals surface area contributed by atoms with Gasteiger partial charge in [0.15, 0.2) is 0 Å². The van der Waals surface area contributed by atoms with Crippen LogP contribution in [0.15, 0.2) is 30.3 Å². The molecule has 0 amide bonds. The van der Waals surface area contributed by atoms with Crippen LogP contribution in [0.25, 0.3) is 0 Å². The first kappa shape index (κ1) is 15.6. The number of nitrogens with one attached hydrogen (secondary N) is 1. The maximum atomic E-state index is 3.78. The van der Waals surface area contributed by atoms with Gasteiger partial charge in [0.1, 0.15) is 0 Å². The van der Waals surface area contributed by atoms with E-state index in [0.29, 0.717) is 11.5 Å². The molecule has 0 heterocycles. The zero-order valence-corrected chi connectivity index (χ0v) is 13.5. The lowest BCUT2D eigenvalue weighted by molar-refractivity contribution is 0.0954. The Labute approximate surface area is 125 Å². The molecule has 2 unspecified atom stereocenters. The Morgan fingerprint density at radius 1 is 1.20 bits per heavy atom. The molecule has 112 valence electrons. The smallest absolute Gasteiger partial charge is 0.0103 e. The Kier molecular flexibility index (Phi) is 5.65. The number of hydrogen-bond donors (Lipinski definition) is 1. The van der Waals surface area contributed by atoms with Crippen LogP contribution in [0, 0.1) is 11.3 Å². The molecule has 1 aliphatic rings. The third-order valence-electron chi connectivity index (χ3n) is 5.13. The molecule has 0 saturated heterocycles. The Morgan fingerprint density at radius 2 is 1.95 bits per heavy atom. The van der Waals surface area contributed by atoms with Gasteiger partial charge in [-0.25, -0.2) is 0 Å². The minimum atomic E-state index is 0.502. The van der Waals surface area contributed by atoms with Crippen molar-refractivity contribution >= 4 is 0 Å². The van der Waals surface area contributed by atoms with Crippen molar-refractivity contribution in [2.45, 2.75) is 65.3 Å². The van der Waals surface area contributed by atoms with Crippen molar-refractivity contribution in [3.63, 3.8) is 0 Å². The lowest BCUT2D eigenvalue weighted by atomic mass is 9.65. The lowest BCUT2D eigenvalue weighted by Gasteiger charge is -2.43. The monoisotopic (exact) mass is 273 g/mol. The first-order valence-electron chi connectivity index (χ1n) is 8.41. The van der Waals surface area contributed by atoms with Crippen LogP contribution in [0.4, 0.5) is 0 Å². The maximum Gasteiger partial charge on any atom is 0.0103 e. The highest BCUT2D eigenvalue weighted by Gasteiger charge is 2.36. The van der Waals surface area contributed by atoms with Gasteiger partial charge in [0, 0.05) is 6.04 Å². The summed E-state index contributed by atoms with van der Waals surface area (Å²) in [6.07, 6.45) is 8.10. The number of hydrogen-bond acceptors (Lipinski definition) is 1. The van der Waals surface area contributed by atoms with Crippen LogP contribution >= 0.6 is 0 Å². The van der Waals surface area contributed by atoms with Gasteiger partial charge in [-0.05, 0) is 49.1 Å². The van der Waals surface area contributed by atoms with Gasteiger partial charge < -0.3 is 5.32 Å². The fraction of sp³-hybridized carbons (Fsp3) is 0.684. The van der Waals surface area contributed by atoms with E-state index in [-0.39, 0.29) is 0 Å². The highest BCUT2D eigenvalue weighted by molar-refractivity contribution is 5.15. The zero-order valence-electron chi connectivity index (χ0n) is 13.5. The lowest BCUT2D eigenvalue weighted by Crippen LogP contribution is -2.45. The molecular formula is C19H31N. The van der Waals surface area contributed by atoms with E-state index in [2.05, 4.69) is 56.4 Å². The SMILES string of the molecule is CCNC(CCc1ccccc1)C1CCCCC1(C)C. The first-order valence-corrected chi connectivity index (χ1v) is 8.41. The summed E-state index contributed by atoms with van der Waals surface area (Å²) in [5.41, 5.74) is 1.98. The van der Waals surface area contributed by atoms with Crippen LogP contribution in [0.1, 0.15) is 58.4 Å². The normalized spacial score (nSPS) is 23.4. The highest BCUT2D eigenvalue weighted by Crippen LogP contribution is 2.43. The third kappa shape index (κ3) is 4.09. The van der Waals surface area contributed by atoms with E-state index in [1.54, 1.807) is 0 Å². The van der Waals surface area contributed by atoms with Crippen molar-refractivity contribution in [1.29, 1.82) is 0 Å². The second kappa shape index (κ2) is 7.26. The predicted molar refractivity (Wildman–Crippen MR) is 88.0 cm³/mol. The van der Waals surface area contributed by atoms with Crippen molar-refractivity contribution in [2.24, 2.45) is 11.3 Å². The summed E-state index contributed by atoms with van der Waals surface area (Å²) >= 11 is 0. The average Bonchev–Trinajstić information content (AvgIpc) is 2.44. The van der Waals surface area contributed by atoms with Crippen LogP contribution in [0.2, 0.25) is 0 Å². The Hall–Kier alpha value is -0.820. The Bertz CT molecular complexity index is 382. The molecule has 0 bridgehead atoms. The summed E-state index contributed by atoms with van der Waals surface area (Å²) in [5.74, 6) is 0.833. The second-order valence-corrected chi connectivity index (χ2v) is 7.03. The van der Waals surface area contributed by atoms with E-state index in [1.165, 1.54) is 44.1 Å². The predicted octanol–water partition coefficient (Wildman–Crippen LogP) is 4.81. The van der Waals surface area contributed by atoms with E-state index in [0.717, 1.165) is 12.5 Å². The van der Waals surface area contributed by atoms with E-state index < -0.39 is 0 Å². The largest absolute Gasteiger partial charge is 0.314 e.